The van der Waals surface area contributed by atoms with Gasteiger partial charge in [0, 0.05) is 12.5 Å². The molecule has 1 aromatic rings. The SMILES string of the molecule is O=S(=O)(O)c1ccc(C[C@@H]2CO[C@@H]3CCCO[C@@H]23)cc1. The van der Waals surface area contributed by atoms with Crippen molar-refractivity contribution < 1.29 is 22.4 Å². The minimum Gasteiger partial charge on any atom is -0.375 e. The van der Waals surface area contributed by atoms with E-state index in [1.807, 2.05) is 0 Å². The minimum atomic E-state index is -4.12. The lowest BCUT2D eigenvalue weighted by molar-refractivity contribution is -0.0552. The molecule has 3 rings (SSSR count). The molecule has 2 fully saturated rings. The van der Waals surface area contributed by atoms with Crippen LogP contribution in [0.25, 0.3) is 0 Å². The minimum absolute atomic E-state index is 0.0734. The van der Waals surface area contributed by atoms with Gasteiger partial charge in [0.2, 0.25) is 0 Å². The lowest BCUT2D eigenvalue weighted by atomic mass is 9.91. The number of hydrogen-bond donors (Lipinski definition) is 1. The van der Waals surface area contributed by atoms with Gasteiger partial charge in [-0.25, -0.2) is 0 Å². The van der Waals surface area contributed by atoms with Crippen LogP contribution < -0.4 is 0 Å². The van der Waals surface area contributed by atoms with Crippen LogP contribution in [0.15, 0.2) is 29.2 Å². The summed E-state index contributed by atoms with van der Waals surface area (Å²) in [6.45, 7) is 1.48. The van der Waals surface area contributed by atoms with Gasteiger partial charge in [-0.2, -0.15) is 8.42 Å². The summed E-state index contributed by atoms with van der Waals surface area (Å²) in [5, 5.41) is 0. The molecular formula is C14H18O5S. The molecule has 0 bridgehead atoms. The van der Waals surface area contributed by atoms with E-state index in [0.717, 1.165) is 31.4 Å². The van der Waals surface area contributed by atoms with Crippen molar-refractivity contribution in [2.75, 3.05) is 13.2 Å². The highest BCUT2D eigenvalue weighted by Crippen LogP contribution is 2.32. The Kier molecular flexibility index (Phi) is 3.81. The maximum atomic E-state index is 11.0. The van der Waals surface area contributed by atoms with Crippen molar-refractivity contribution in [2.24, 2.45) is 5.92 Å². The van der Waals surface area contributed by atoms with Crippen LogP contribution in [-0.4, -0.2) is 38.4 Å². The van der Waals surface area contributed by atoms with Crippen LogP contribution in [0.5, 0.6) is 0 Å². The van der Waals surface area contributed by atoms with Gasteiger partial charge >= 0.3 is 0 Å². The maximum Gasteiger partial charge on any atom is 0.294 e. The first kappa shape index (κ1) is 14.0. The molecule has 2 aliphatic heterocycles. The summed E-state index contributed by atoms with van der Waals surface area (Å²) in [5.74, 6) is 0.317. The fourth-order valence-electron chi connectivity index (χ4n) is 3.01. The molecule has 0 aromatic heterocycles. The molecule has 0 aliphatic carbocycles. The largest absolute Gasteiger partial charge is 0.375 e. The van der Waals surface area contributed by atoms with E-state index in [9.17, 15) is 8.42 Å². The van der Waals surface area contributed by atoms with Gasteiger partial charge in [-0.15, -0.1) is 0 Å². The Bertz CT molecular complexity index is 566. The first-order chi connectivity index (χ1) is 9.54. The van der Waals surface area contributed by atoms with Crippen molar-refractivity contribution in [1.29, 1.82) is 0 Å². The van der Waals surface area contributed by atoms with E-state index in [-0.39, 0.29) is 17.1 Å². The lowest BCUT2D eigenvalue weighted by Gasteiger charge is -2.27. The van der Waals surface area contributed by atoms with Crippen molar-refractivity contribution in [3.05, 3.63) is 29.8 Å². The summed E-state index contributed by atoms with van der Waals surface area (Å²) in [4.78, 5) is -0.0734. The second-order valence-electron chi connectivity index (χ2n) is 5.43. The van der Waals surface area contributed by atoms with Gasteiger partial charge in [0.05, 0.1) is 23.7 Å². The van der Waals surface area contributed by atoms with E-state index < -0.39 is 10.1 Å². The molecule has 20 heavy (non-hydrogen) atoms. The Hall–Kier alpha value is -0.950. The van der Waals surface area contributed by atoms with Gasteiger partial charge in [-0.3, -0.25) is 4.55 Å². The van der Waals surface area contributed by atoms with Crippen molar-refractivity contribution in [3.63, 3.8) is 0 Å². The van der Waals surface area contributed by atoms with Gasteiger partial charge in [0.25, 0.3) is 10.1 Å². The van der Waals surface area contributed by atoms with Crippen molar-refractivity contribution in [2.45, 2.75) is 36.4 Å². The van der Waals surface area contributed by atoms with Gasteiger partial charge in [-0.05, 0) is 37.0 Å². The summed E-state index contributed by atoms with van der Waals surface area (Å²) >= 11 is 0. The number of ether oxygens (including phenoxy) is 2. The molecule has 0 radical (unpaired) electrons. The number of rotatable bonds is 3. The van der Waals surface area contributed by atoms with E-state index in [1.54, 1.807) is 12.1 Å². The van der Waals surface area contributed by atoms with Crippen molar-refractivity contribution in [3.8, 4) is 0 Å². The summed E-state index contributed by atoms with van der Waals surface area (Å²) in [6.07, 6.45) is 3.28. The number of fused-ring (bicyclic) bond motifs is 1. The number of hydrogen-bond acceptors (Lipinski definition) is 4. The summed E-state index contributed by atoms with van der Waals surface area (Å²) in [7, 11) is -4.12. The average Bonchev–Trinajstić information content (AvgIpc) is 2.82. The number of benzene rings is 1. The molecule has 3 atom stereocenters. The third-order valence-corrected chi connectivity index (χ3v) is 4.89. The molecule has 0 unspecified atom stereocenters. The zero-order chi connectivity index (χ0) is 14.2. The molecule has 1 aromatic carbocycles. The lowest BCUT2D eigenvalue weighted by Crippen LogP contribution is -2.35. The molecule has 1 N–H and O–H groups in total. The zero-order valence-electron chi connectivity index (χ0n) is 11.1. The van der Waals surface area contributed by atoms with Crippen LogP contribution in [0.1, 0.15) is 18.4 Å². The van der Waals surface area contributed by atoms with Crippen molar-refractivity contribution in [1.82, 2.24) is 0 Å². The maximum absolute atomic E-state index is 11.0. The monoisotopic (exact) mass is 298 g/mol. The van der Waals surface area contributed by atoms with Crippen LogP contribution in [0.3, 0.4) is 0 Å². The Balaban J connectivity index is 1.69. The van der Waals surface area contributed by atoms with Crippen molar-refractivity contribution >= 4 is 10.1 Å². The first-order valence-electron chi connectivity index (χ1n) is 6.84. The van der Waals surface area contributed by atoms with Crippen LogP contribution in [0.4, 0.5) is 0 Å². The summed E-state index contributed by atoms with van der Waals surface area (Å²) in [6, 6.07) is 6.33. The highest BCUT2D eigenvalue weighted by molar-refractivity contribution is 7.85. The second kappa shape index (κ2) is 5.44. The third-order valence-electron chi connectivity index (χ3n) is 4.02. The molecule has 6 heteroatoms. The Morgan fingerprint density at radius 3 is 2.65 bits per heavy atom. The Morgan fingerprint density at radius 2 is 1.95 bits per heavy atom. The highest BCUT2D eigenvalue weighted by atomic mass is 32.2. The Morgan fingerprint density at radius 1 is 1.20 bits per heavy atom. The van der Waals surface area contributed by atoms with E-state index in [4.69, 9.17) is 14.0 Å². The third kappa shape index (κ3) is 2.88. The van der Waals surface area contributed by atoms with Crippen LogP contribution in [0, 0.1) is 5.92 Å². The van der Waals surface area contributed by atoms with E-state index in [1.165, 1.54) is 12.1 Å². The Labute approximate surface area is 118 Å². The molecule has 0 spiro atoms. The van der Waals surface area contributed by atoms with Crippen LogP contribution in [0.2, 0.25) is 0 Å². The van der Waals surface area contributed by atoms with Crippen LogP contribution >= 0.6 is 0 Å². The fraction of sp³-hybridized carbons (Fsp3) is 0.571. The molecular weight excluding hydrogens is 280 g/mol. The standard InChI is InChI=1S/C14H18O5S/c15-20(16,17)12-5-3-10(4-6-12)8-11-9-19-13-2-1-7-18-14(11)13/h3-6,11,13-14H,1-2,7-9H2,(H,15,16,17)/t11-,13-,14+/m1/s1. The molecule has 2 saturated heterocycles. The highest BCUT2D eigenvalue weighted by Gasteiger charge is 2.39. The fourth-order valence-corrected chi connectivity index (χ4v) is 3.49. The summed E-state index contributed by atoms with van der Waals surface area (Å²) < 4.78 is 42.5. The van der Waals surface area contributed by atoms with E-state index in [2.05, 4.69) is 0 Å². The van der Waals surface area contributed by atoms with Gasteiger partial charge in [0.15, 0.2) is 0 Å². The quantitative estimate of drug-likeness (QED) is 0.859. The molecule has 2 heterocycles. The predicted molar refractivity (Wildman–Crippen MR) is 72.2 cm³/mol. The normalized spacial score (nSPS) is 30.1. The molecule has 0 amide bonds. The molecule has 5 nitrogen and oxygen atoms in total. The molecule has 110 valence electrons. The molecule has 0 saturated carbocycles. The smallest absolute Gasteiger partial charge is 0.294 e. The summed E-state index contributed by atoms with van der Waals surface area (Å²) in [5.41, 5.74) is 1.03. The first-order valence-corrected chi connectivity index (χ1v) is 8.28. The van der Waals surface area contributed by atoms with Crippen LogP contribution in [-0.2, 0) is 26.0 Å². The molecule has 2 aliphatic rings. The topological polar surface area (TPSA) is 72.8 Å². The van der Waals surface area contributed by atoms with E-state index in [0.29, 0.717) is 12.5 Å². The van der Waals surface area contributed by atoms with Gasteiger partial charge in [0.1, 0.15) is 0 Å². The van der Waals surface area contributed by atoms with Gasteiger partial charge in [-0.1, -0.05) is 12.1 Å². The average molecular weight is 298 g/mol. The van der Waals surface area contributed by atoms with Gasteiger partial charge < -0.3 is 9.47 Å². The van der Waals surface area contributed by atoms with E-state index >= 15 is 0 Å². The predicted octanol–water partition coefficient (Wildman–Crippen LogP) is 1.67. The zero-order valence-corrected chi connectivity index (χ0v) is 11.9. The second-order valence-corrected chi connectivity index (χ2v) is 6.85.